The summed E-state index contributed by atoms with van der Waals surface area (Å²) in [7, 11) is 0. The Morgan fingerprint density at radius 3 is 1.73 bits per heavy atom. The Balaban J connectivity index is 1.81. The minimum atomic E-state index is -1.22. The molecule has 7 N–H and O–H groups in total. The van der Waals surface area contributed by atoms with Crippen molar-refractivity contribution in [3.05, 3.63) is 90.0 Å². The van der Waals surface area contributed by atoms with Crippen LogP contribution in [0.5, 0.6) is 0 Å². The van der Waals surface area contributed by atoms with Crippen LogP contribution in [-0.2, 0) is 38.4 Å². The number of H-pyrrole nitrogens is 1. The van der Waals surface area contributed by atoms with E-state index < -0.39 is 47.9 Å². The number of nitrogens with zero attached hydrogens (tertiary/aromatic N) is 1. The van der Waals surface area contributed by atoms with Crippen LogP contribution in [0.1, 0.15) is 30.7 Å². The first-order valence-electron chi connectivity index (χ1n) is 13.1. The fraction of sp³-hybridized carbons (Fsp3) is 0.345. The van der Waals surface area contributed by atoms with E-state index in [4.69, 9.17) is 5.73 Å². The number of carboxylic acids is 1. The summed E-state index contributed by atoms with van der Waals surface area (Å²) < 4.78 is 0. The van der Waals surface area contributed by atoms with Crippen molar-refractivity contribution in [2.24, 2.45) is 11.7 Å². The van der Waals surface area contributed by atoms with Crippen molar-refractivity contribution in [2.45, 2.75) is 57.3 Å². The molecule has 4 unspecified atom stereocenters. The van der Waals surface area contributed by atoms with Gasteiger partial charge >= 0.3 is 5.97 Å². The number of amides is 3. The molecule has 0 aliphatic carbocycles. The van der Waals surface area contributed by atoms with Gasteiger partial charge in [-0.3, -0.25) is 14.4 Å². The SMILES string of the molecule is CC(C)C(N)C(=O)NC(Cc1ccccc1)C(=O)NC(Cc1cnc[nH]1)C(=O)NC(Cc1ccccc1)C(=O)O. The summed E-state index contributed by atoms with van der Waals surface area (Å²) in [5.41, 5.74) is 8.10. The van der Waals surface area contributed by atoms with Crippen LogP contribution in [-0.4, -0.2) is 62.9 Å². The van der Waals surface area contributed by atoms with Crippen molar-refractivity contribution < 1.29 is 24.3 Å². The standard InChI is InChI=1S/C29H36N6O5/c1-18(2)25(30)28(38)34-22(13-19-9-5-3-6-10-19)26(36)33-23(15-21-16-31-17-32-21)27(37)35-24(29(39)40)14-20-11-7-4-8-12-20/h3-12,16-18,22-25H,13-15,30H2,1-2H3,(H,31,32)(H,33,36)(H,34,38)(H,35,37)(H,39,40). The maximum atomic E-state index is 13.5. The number of rotatable bonds is 14. The molecule has 3 amide bonds. The molecule has 1 aromatic heterocycles. The molecule has 3 rings (SSSR count). The van der Waals surface area contributed by atoms with Crippen molar-refractivity contribution >= 4 is 23.7 Å². The second kappa shape index (κ2) is 14.6. The molecule has 0 radical (unpaired) electrons. The van der Waals surface area contributed by atoms with E-state index in [9.17, 15) is 24.3 Å². The van der Waals surface area contributed by atoms with Crippen LogP contribution in [0.25, 0.3) is 0 Å². The third-order valence-electron chi connectivity index (χ3n) is 6.45. The molecule has 0 fully saturated rings. The number of carbonyl (C=O) groups is 4. The average molecular weight is 549 g/mol. The highest BCUT2D eigenvalue weighted by molar-refractivity contribution is 5.94. The average Bonchev–Trinajstić information content (AvgIpc) is 3.45. The van der Waals surface area contributed by atoms with Gasteiger partial charge in [0.05, 0.1) is 12.4 Å². The highest BCUT2D eigenvalue weighted by atomic mass is 16.4. The van der Waals surface area contributed by atoms with Crippen LogP contribution >= 0.6 is 0 Å². The van der Waals surface area contributed by atoms with Crippen LogP contribution in [0.2, 0.25) is 0 Å². The zero-order valence-electron chi connectivity index (χ0n) is 22.5. The lowest BCUT2D eigenvalue weighted by atomic mass is 10.0. The lowest BCUT2D eigenvalue weighted by molar-refractivity contribution is -0.142. The number of hydrogen-bond acceptors (Lipinski definition) is 6. The first kappa shape index (κ1) is 30.0. The van der Waals surface area contributed by atoms with Gasteiger partial charge in [0.1, 0.15) is 18.1 Å². The Labute approximate surface area is 233 Å². The van der Waals surface area contributed by atoms with Crippen molar-refractivity contribution in [3.63, 3.8) is 0 Å². The zero-order chi connectivity index (χ0) is 29.1. The lowest BCUT2D eigenvalue weighted by Gasteiger charge is -2.26. The summed E-state index contributed by atoms with van der Waals surface area (Å²) in [5.74, 6) is -3.15. The molecule has 11 heteroatoms. The van der Waals surface area contributed by atoms with Crippen molar-refractivity contribution in [1.82, 2.24) is 25.9 Å². The highest BCUT2D eigenvalue weighted by Gasteiger charge is 2.31. The van der Waals surface area contributed by atoms with E-state index in [-0.39, 0.29) is 25.2 Å². The van der Waals surface area contributed by atoms with E-state index >= 15 is 0 Å². The summed E-state index contributed by atoms with van der Waals surface area (Å²) in [6.07, 6.45) is 3.19. The predicted octanol–water partition coefficient (Wildman–Crippen LogP) is 0.960. The van der Waals surface area contributed by atoms with Gasteiger partial charge in [-0.05, 0) is 17.0 Å². The summed E-state index contributed by atoms with van der Waals surface area (Å²) in [6.45, 7) is 3.60. The summed E-state index contributed by atoms with van der Waals surface area (Å²) >= 11 is 0. The van der Waals surface area contributed by atoms with E-state index in [1.807, 2.05) is 36.4 Å². The summed E-state index contributed by atoms with van der Waals surface area (Å²) in [6, 6.07) is 13.8. The number of hydrogen-bond donors (Lipinski definition) is 6. The number of aromatic amines is 1. The van der Waals surface area contributed by atoms with Gasteiger partial charge in [-0.2, -0.15) is 0 Å². The smallest absolute Gasteiger partial charge is 0.326 e. The van der Waals surface area contributed by atoms with E-state index in [1.165, 1.54) is 12.5 Å². The number of imidazole rings is 1. The largest absolute Gasteiger partial charge is 0.480 e. The Hall–Kier alpha value is -4.51. The molecule has 2 aromatic carbocycles. The van der Waals surface area contributed by atoms with Gasteiger partial charge in [0.2, 0.25) is 17.7 Å². The van der Waals surface area contributed by atoms with E-state index in [1.54, 1.807) is 38.1 Å². The quantitative estimate of drug-likeness (QED) is 0.174. The number of aromatic nitrogens is 2. The molecule has 40 heavy (non-hydrogen) atoms. The Bertz CT molecular complexity index is 1250. The molecule has 0 aliphatic rings. The molecule has 0 aliphatic heterocycles. The third kappa shape index (κ3) is 9.05. The molecule has 0 spiro atoms. The molecule has 0 saturated heterocycles. The van der Waals surface area contributed by atoms with Crippen molar-refractivity contribution in [1.29, 1.82) is 0 Å². The van der Waals surface area contributed by atoms with Crippen molar-refractivity contribution in [3.8, 4) is 0 Å². The second-order valence-corrected chi connectivity index (χ2v) is 9.95. The number of nitrogens with two attached hydrogens (primary N) is 1. The molecular weight excluding hydrogens is 512 g/mol. The maximum Gasteiger partial charge on any atom is 0.326 e. The third-order valence-corrected chi connectivity index (χ3v) is 6.45. The van der Waals surface area contributed by atoms with Gasteiger partial charge in [-0.25, -0.2) is 9.78 Å². The first-order chi connectivity index (χ1) is 19.1. The summed E-state index contributed by atoms with van der Waals surface area (Å²) in [5, 5.41) is 17.8. The predicted molar refractivity (Wildman–Crippen MR) is 149 cm³/mol. The van der Waals surface area contributed by atoms with Crippen LogP contribution in [0, 0.1) is 5.92 Å². The molecular formula is C29H36N6O5. The molecule has 3 aromatic rings. The van der Waals surface area contributed by atoms with Gasteiger partial charge in [0.15, 0.2) is 0 Å². The topological polar surface area (TPSA) is 179 Å². The molecule has 4 atom stereocenters. The number of nitrogens with one attached hydrogen (secondary N) is 4. The van der Waals surface area contributed by atoms with Gasteiger partial charge in [0.25, 0.3) is 0 Å². The first-order valence-corrected chi connectivity index (χ1v) is 13.1. The zero-order valence-corrected chi connectivity index (χ0v) is 22.5. The molecule has 212 valence electrons. The Morgan fingerprint density at radius 1 is 0.775 bits per heavy atom. The Kier molecular flexibility index (Phi) is 11.0. The summed E-state index contributed by atoms with van der Waals surface area (Å²) in [4.78, 5) is 58.5. The molecule has 0 bridgehead atoms. The van der Waals surface area contributed by atoms with Crippen LogP contribution in [0.3, 0.4) is 0 Å². The van der Waals surface area contributed by atoms with E-state index in [0.717, 1.165) is 11.1 Å². The van der Waals surface area contributed by atoms with Crippen LogP contribution in [0.4, 0.5) is 0 Å². The number of benzene rings is 2. The van der Waals surface area contributed by atoms with Crippen LogP contribution in [0.15, 0.2) is 73.2 Å². The number of carboxylic acid groups (broad SMARTS) is 1. The lowest BCUT2D eigenvalue weighted by Crippen LogP contribution is -2.58. The van der Waals surface area contributed by atoms with Crippen LogP contribution < -0.4 is 21.7 Å². The fourth-order valence-electron chi connectivity index (χ4n) is 4.05. The van der Waals surface area contributed by atoms with Gasteiger partial charge < -0.3 is 31.8 Å². The number of carbonyl (C=O) groups excluding carboxylic acids is 3. The normalized spacial score (nSPS) is 14.0. The maximum absolute atomic E-state index is 13.5. The van der Waals surface area contributed by atoms with Gasteiger partial charge in [-0.15, -0.1) is 0 Å². The van der Waals surface area contributed by atoms with Crippen molar-refractivity contribution in [2.75, 3.05) is 0 Å². The Morgan fingerprint density at radius 2 is 1.25 bits per heavy atom. The molecule has 1 heterocycles. The van der Waals surface area contributed by atoms with E-state index in [0.29, 0.717) is 5.69 Å². The minimum Gasteiger partial charge on any atom is -0.480 e. The fourth-order valence-corrected chi connectivity index (χ4v) is 4.05. The highest BCUT2D eigenvalue weighted by Crippen LogP contribution is 2.09. The monoisotopic (exact) mass is 548 g/mol. The second-order valence-electron chi connectivity index (χ2n) is 9.95. The minimum absolute atomic E-state index is 0.0206. The van der Waals surface area contributed by atoms with Gasteiger partial charge in [0, 0.05) is 31.2 Å². The van der Waals surface area contributed by atoms with Gasteiger partial charge in [-0.1, -0.05) is 74.5 Å². The number of aliphatic carboxylic acids is 1. The van der Waals surface area contributed by atoms with E-state index in [2.05, 4.69) is 25.9 Å². The molecule has 11 nitrogen and oxygen atoms in total. The molecule has 0 saturated carbocycles.